The maximum atomic E-state index is 6.05. The van der Waals surface area contributed by atoms with Crippen molar-refractivity contribution in [1.29, 1.82) is 0 Å². The number of para-hydroxylation sites is 1. The molecule has 0 unspecified atom stereocenters. The molecule has 1 aliphatic rings. The zero-order valence-electron chi connectivity index (χ0n) is 9.44. The van der Waals surface area contributed by atoms with Crippen LogP contribution in [0.4, 0.5) is 0 Å². The summed E-state index contributed by atoms with van der Waals surface area (Å²) in [5.74, 6) is 2.45. The standard InChI is InChI=1S/C13H10BrClN2O/c14-11-7-12(17-13(16-11)8-5-6-8)18-10-4-2-1-3-9(10)15/h1-4,7-8H,5-6H2. The lowest BCUT2D eigenvalue weighted by atomic mass is 10.3. The van der Waals surface area contributed by atoms with Crippen LogP contribution in [0, 0.1) is 0 Å². The second kappa shape index (κ2) is 4.86. The molecule has 0 radical (unpaired) electrons. The smallest absolute Gasteiger partial charge is 0.223 e. The maximum Gasteiger partial charge on any atom is 0.223 e. The number of nitrogens with zero attached hydrogens (tertiary/aromatic N) is 2. The highest BCUT2D eigenvalue weighted by molar-refractivity contribution is 9.10. The highest BCUT2D eigenvalue weighted by atomic mass is 79.9. The molecule has 0 bridgehead atoms. The van der Waals surface area contributed by atoms with Crippen molar-refractivity contribution < 1.29 is 4.74 Å². The van der Waals surface area contributed by atoms with Crippen molar-refractivity contribution in [1.82, 2.24) is 9.97 Å². The summed E-state index contributed by atoms with van der Waals surface area (Å²) in [4.78, 5) is 8.76. The van der Waals surface area contributed by atoms with Gasteiger partial charge in [0.15, 0.2) is 0 Å². The fourth-order valence-electron chi connectivity index (χ4n) is 1.63. The van der Waals surface area contributed by atoms with Crippen molar-refractivity contribution in [3.63, 3.8) is 0 Å². The lowest BCUT2D eigenvalue weighted by molar-refractivity contribution is 0.458. The summed E-state index contributed by atoms with van der Waals surface area (Å²) < 4.78 is 6.43. The molecule has 92 valence electrons. The van der Waals surface area contributed by atoms with E-state index < -0.39 is 0 Å². The van der Waals surface area contributed by atoms with E-state index in [2.05, 4.69) is 25.9 Å². The van der Waals surface area contributed by atoms with Crippen molar-refractivity contribution in [2.75, 3.05) is 0 Å². The van der Waals surface area contributed by atoms with Gasteiger partial charge in [-0.1, -0.05) is 23.7 Å². The summed E-state index contributed by atoms with van der Waals surface area (Å²) in [5.41, 5.74) is 0. The molecule has 18 heavy (non-hydrogen) atoms. The topological polar surface area (TPSA) is 35.0 Å². The second-order valence-electron chi connectivity index (χ2n) is 4.19. The molecule has 0 N–H and O–H groups in total. The van der Waals surface area contributed by atoms with Gasteiger partial charge >= 0.3 is 0 Å². The molecular formula is C13H10BrClN2O. The van der Waals surface area contributed by atoms with Gasteiger partial charge in [-0.2, -0.15) is 4.98 Å². The summed E-state index contributed by atoms with van der Waals surface area (Å²) in [6.45, 7) is 0. The Labute approximate surface area is 118 Å². The molecule has 1 aliphatic carbocycles. The third-order valence-corrected chi connectivity index (χ3v) is 3.40. The van der Waals surface area contributed by atoms with Crippen molar-refractivity contribution in [3.05, 3.63) is 45.8 Å². The molecule has 0 saturated heterocycles. The monoisotopic (exact) mass is 324 g/mol. The van der Waals surface area contributed by atoms with E-state index in [9.17, 15) is 0 Å². The van der Waals surface area contributed by atoms with Gasteiger partial charge in [-0.15, -0.1) is 0 Å². The van der Waals surface area contributed by atoms with Gasteiger partial charge in [0.05, 0.1) is 5.02 Å². The molecule has 0 atom stereocenters. The van der Waals surface area contributed by atoms with E-state index >= 15 is 0 Å². The molecule has 5 heteroatoms. The molecule has 1 heterocycles. The first-order valence-corrected chi connectivity index (χ1v) is 6.86. The lowest BCUT2D eigenvalue weighted by Gasteiger charge is -2.07. The van der Waals surface area contributed by atoms with Crippen molar-refractivity contribution in [3.8, 4) is 11.6 Å². The van der Waals surface area contributed by atoms with E-state index in [1.807, 2.05) is 18.2 Å². The number of aromatic nitrogens is 2. The van der Waals surface area contributed by atoms with Crippen LogP contribution < -0.4 is 4.74 Å². The van der Waals surface area contributed by atoms with E-state index in [1.165, 1.54) is 0 Å². The number of benzene rings is 1. The molecule has 1 fully saturated rings. The summed E-state index contributed by atoms with van der Waals surface area (Å²) in [5, 5.41) is 0.570. The Morgan fingerprint density at radius 2 is 2.00 bits per heavy atom. The Bertz CT molecular complexity index is 587. The third-order valence-electron chi connectivity index (χ3n) is 2.68. The molecule has 0 amide bonds. The van der Waals surface area contributed by atoms with Gasteiger partial charge in [0, 0.05) is 12.0 Å². The van der Waals surface area contributed by atoms with Crippen LogP contribution in [0.15, 0.2) is 34.9 Å². The number of ether oxygens (including phenoxy) is 1. The van der Waals surface area contributed by atoms with Gasteiger partial charge in [-0.25, -0.2) is 4.98 Å². The first-order valence-electron chi connectivity index (χ1n) is 5.69. The summed E-state index contributed by atoms with van der Waals surface area (Å²) in [7, 11) is 0. The maximum absolute atomic E-state index is 6.05. The summed E-state index contributed by atoms with van der Waals surface area (Å²) in [6.07, 6.45) is 2.31. The third kappa shape index (κ3) is 2.65. The molecule has 1 saturated carbocycles. The molecule has 2 aromatic rings. The van der Waals surface area contributed by atoms with Gasteiger partial charge < -0.3 is 4.74 Å². The average Bonchev–Trinajstić information content (AvgIpc) is 3.15. The number of hydrogen-bond donors (Lipinski definition) is 0. The van der Waals surface area contributed by atoms with Gasteiger partial charge in [-0.05, 0) is 40.9 Å². The number of rotatable bonds is 3. The highest BCUT2D eigenvalue weighted by Crippen LogP contribution is 2.39. The molecule has 1 aromatic carbocycles. The van der Waals surface area contributed by atoms with E-state index in [0.717, 1.165) is 23.3 Å². The molecule has 3 rings (SSSR count). The number of hydrogen-bond acceptors (Lipinski definition) is 3. The second-order valence-corrected chi connectivity index (χ2v) is 5.41. The SMILES string of the molecule is Clc1ccccc1Oc1cc(Br)nc(C2CC2)n1. The van der Waals surface area contributed by atoms with E-state index in [0.29, 0.717) is 22.6 Å². The summed E-state index contributed by atoms with van der Waals surface area (Å²) in [6, 6.07) is 9.08. The van der Waals surface area contributed by atoms with Gasteiger partial charge in [0.25, 0.3) is 0 Å². The van der Waals surface area contributed by atoms with E-state index in [4.69, 9.17) is 16.3 Å². The van der Waals surface area contributed by atoms with Crippen LogP contribution in [0.3, 0.4) is 0 Å². The zero-order valence-corrected chi connectivity index (χ0v) is 11.8. The normalized spacial score (nSPS) is 14.6. The molecule has 0 aliphatic heterocycles. The van der Waals surface area contributed by atoms with Gasteiger partial charge in [0.2, 0.25) is 5.88 Å². The summed E-state index contributed by atoms with van der Waals surface area (Å²) >= 11 is 9.43. The largest absolute Gasteiger partial charge is 0.437 e. The van der Waals surface area contributed by atoms with Crippen LogP contribution in [0.1, 0.15) is 24.6 Å². The molecular weight excluding hydrogens is 316 g/mol. The minimum Gasteiger partial charge on any atom is -0.437 e. The minimum absolute atomic E-state index is 0.482. The minimum atomic E-state index is 0.482. The fourth-order valence-corrected chi connectivity index (χ4v) is 2.18. The molecule has 0 spiro atoms. The fraction of sp³-hybridized carbons (Fsp3) is 0.231. The first kappa shape index (κ1) is 11.9. The first-order chi connectivity index (χ1) is 8.72. The van der Waals surface area contributed by atoms with Crippen LogP contribution in [0.2, 0.25) is 5.02 Å². The van der Waals surface area contributed by atoms with Crippen molar-refractivity contribution in [2.24, 2.45) is 0 Å². The van der Waals surface area contributed by atoms with Crippen LogP contribution in [0.5, 0.6) is 11.6 Å². The van der Waals surface area contributed by atoms with Crippen LogP contribution in [0.25, 0.3) is 0 Å². The highest BCUT2D eigenvalue weighted by Gasteiger charge is 2.27. The Kier molecular flexibility index (Phi) is 3.22. The van der Waals surface area contributed by atoms with Crippen LogP contribution in [-0.4, -0.2) is 9.97 Å². The number of halogens is 2. The van der Waals surface area contributed by atoms with Crippen molar-refractivity contribution in [2.45, 2.75) is 18.8 Å². The van der Waals surface area contributed by atoms with Crippen molar-refractivity contribution >= 4 is 27.5 Å². The van der Waals surface area contributed by atoms with E-state index in [1.54, 1.807) is 12.1 Å². The molecule has 1 aromatic heterocycles. The van der Waals surface area contributed by atoms with Crippen LogP contribution >= 0.6 is 27.5 Å². The van der Waals surface area contributed by atoms with Crippen LogP contribution in [-0.2, 0) is 0 Å². The van der Waals surface area contributed by atoms with Gasteiger partial charge in [-0.3, -0.25) is 0 Å². The predicted molar refractivity (Wildman–Crippen MR) is 73.2 cm³/mol. The lowest BCUT2D eigenvalue weighted by Crippen LogP contribution is -1.96. The Hall–Kier alpha value is -1.13. The molecule has 3 nitrogen and oxygen atoms in total. The Balaban J connectivity index is 1.90. The average molecular weight is 326 g/mol. The van der Waals surface area contributed by atoms with Gasteiger partial charge in [0.1, 0.15) is 16.2 Å². The zero-order chi connectivity index (χ0) is 12.5. The Morgan fingerprint density at radius 1 is 1.22 bits per heavy atom. The van der Waals surface area contributed by atoms with E-state index in [-0.39, 0.29) is 0 Å². The Morgan fingerprint density at radius 3 is 2.72 bits per heavy atom. The predicted octanol–water partition coefficient (Wildman–Crippen LogP) is 4.56. The quantitative estimate of drug-likeness (QED) is 0.776.